The Balaban J connectivity index is 1.48. The van der Waals surface area contributed by atoms with Gasteiger partial charge in [0.05, 0.1) is 24.7 Å². The number of aryl methyl sites for hydroxylation is 3. The number of fused-ring (bicyclic) bond motifs is 1. The predicted molar refractivity (Wildman–Crippen MR) is 125 cm³/mol. The van der Waals surface area contributed by atoms with Crippen LogP contribution < -0.4 is 4.74 Å². The molecule has 12 heteroatoms. The van der Waals surface area contributed by atoms with E-state index in [0.717, 1.165) is 23.0 Å². The van der Waals surface area contributed by atoms with E-state index in [1.807, 2.05) is 26.1 Å². The zero-order valence-electron chi connectivity index (χ0n) is 19.9. The average molecular weight is 494 g/mol. The van der Waals surface area contributed by atoms with Crippen molar-refractivity contribution >= 4 is 11.0 Å². The molecule has 4 heterocycles. The van der Waals surface area contributed by atoms with Crippen LogP contribution in [-0.4, -0.2) is 46.4 Å². The first kappa shape index (κ1) is 23.4. The number of imidazole rings is 1. The number of nitrogens with zero attached hydrogens (tertiary/aromatic N) is 8. The summed E-state index contributed by atoms with van der Waals surface area (Å²) < 4.78 is 47.5. The van der Waals surface area contributed by atoms with E-state index in [4.69, 9.17) is 9.72 Å². The number of halogens is 3. The van der Waals surface area contributed by atoms with Gasteiger partial charge in [-0.25, -0.2) is 24.9 Å². The molecule has 1 aromatic carbocycles. The van der Waals surface area contributed by atoms with Gasteiger partial charge in [-0.2, -0.15) is 18.3 Å². The monoisotopic (exact) mass is 494 g/mol. The molecule has 5 aromatic rings. The van der Waals surface area contributed by atoms with Crippen LogP contribution in [0.4, 0.5) is 13.2 Å². The van der Waals surface area contributed by atoms with Crippen molar-refractivity contribution in [1.82, 2.24) is 39.3 Å². The second-order valence-electron chi connectivity index (χ2n) is 8.27. The number of rotatable bonds is 5. The Morgan fingerprint density at radius 3 is 2.42 bits per heavy atom. The Morgan fingerprint density at radius 2 is 1.75 bits per heavy atom. The third-order valence-corrected chi connectivity index (χ3v) is 5.83. The first-order valence-corrected chi connectivity index (χ1v) is 10.9. The third-order valence-electron chi connectivity index (χ3n) is 5.83. The fraction of sp³-hybridized carbons (Fsp3) is 0.250. The number of aromatic nitrogens is 8. The van der Waals surface area contributed by atoms with Crippen LogP contribution in [0.1, 0.15) is 22.6 Å². The van der Waals surface area contributed by atoms with Crippen molar-refractivity contribution in [2.45, 2.75) is 19.5 Å². The first-order valence-electron chi connectivity index (χ1n) is 10.9. The minimum absolute atomic E-state index is 0.240. The highest BCUT2D eigenvalue weighted by Crippen LogP contribution is 2.31. The molecule has 0 saturated heterocycles. The molecule has 36 heavy (non-hydrogen) atoms. The fourth-order valence-electron chi connectivity index (χ4n) is 4.05. The van der Waals surface area contributed by atoms with Crippen LogP contribution in [-0.2, 0) is 26.7 Å². The van der Waals surface area contributed by atoms with E-state index in [9.17, 15) is 13.2 Å². The quantitative estimate of drug-likeness (QED) is 0.362. The lowest BCUT2D eigenvalue weighted by molar-refractivity contribution is -0.140. The van der Waals surface area contributed by atoms with E-state index in [1.54, 1.807) is 23.0 Å². The van der Waals surface area contributed by atoms with Crippen LogP contribution in [0.15, 0.2) is 43.0 Å². The number of methoxy groups -OCH3 is 1. The maximum absolute atomic E-state index is 13.0. The maximum atomic E-state index is 13.0. The summed E-state index contributed by atoms with van der Waals surface area (Å²) in [4.78, 5) is 21.4. The van der Waals surface area contributed by atoms with Crippen molar-refractivity contribution in [2.75, 3.05) is 7.11 Å². The molecular weight excluding hydrogens is 473 g/mol. The average Bonchev–Trinajstić information content (AvgIpc) is 3.39. The molecule has 0 aliphatic carbocycles. The minimum Gasteiger partial charge on any atom is -0.480 e. The molecule has 0 unspecified atom stereocenters. The molecule has 0 N–H and O–H groups in total. The Hall–Kier alpha value is -4.35. The Bertz CT molecular complexity index is 1570. The summed E-state index contributed by atoms with van der Waals surface area (Å²) in [6.07, 6.45) is 0.0662. The maximum Gasteiger partial charge on any atom is 0.434 e. The summed E-state index contributed by atoms with van der Waals surface area (Å²) in [5, 5.41) is 4.62. The molecule has 184 valence electrons. The Kier molecular flexibility index (Phi) is 5.65. The second kappa shape index (κ2) is 8.70. The molecule has 0 amide bonds. The third kappa shape index (κ3) is 4.14. The lowest BCUT2D eigenvalue weighted by Crippen LogP contribution is -2.04. The second-order valence-corrected chi connectivity index (χ2v) is 8.27. The van der Waals surface area contributed by atoms with Crippen LogP contribution in [0, 0.1) is 6.92 Å². The number of benzene rings is 1. The Labute approximate surface area is 203 Å². The summed E-state index contributed by atoms with van der Waals surface area (Å²) in [6, 6.07) is 7.19. The van der Waals surface area contributed by atoms with Crippen molar-refractivity contribution in [3.8, 4) is 28.7 Å². The van der Waals surface area contributed by atoms with Gasteiger partial charge in [0.1, 0.15) is 28.7 Å². The molecule has 0 aliphatic heterocycles. The van der Waals surface area contributed by atoms with E-state index in [2.05, 4.69) is 25.0 Å². The molecule has 0 saturated carbocycles. The largest absolute Gasteiger partial charge is 0.480 e. The van der Waals surface area contributed by atoms with Gasteiger partial charge in [0.2, 0.25) is 5.88 Å². The highest BCUT2D eigenvalue weighted by Gasteiger charge is 2.34. The summed E-state index contributed by atoms with van der Waals surface area (Å²) in [6.45, 7) is 1.83. The zero-order chi connectivity index (χ0) is 25.6. The number of alkyl halides is 3. The topological polar surface area (TPSA) is 96.4 Å². The highest BCUT2D eigenvalue weighted by molar-refractivity contribution is 5.80. The van der Waals surface area contributed by atoms with E-state index < -0.39 is 11.9 Å². The van der Waals surface area contributed by atoms with Crippen LogP contribution in [0.5, 0.6) is 5.88 Å². The van der Waals surface area contributed by atoms with Crippen molar-refractivity contribution < 1.29 is 17.9 Å². The van der Waals surface area contributed by atoms with Gasteiger partial charge in [-0.05, 0) is 12.5 Å². The first-order chi connectivity index (χ1) is 17.2. The normalized spacial score (nSPS) is 11.9. The Morgan fingerprint density at radius 1 is 1.00 bits per heavy atom. The van der Waals surface area contributed by atoms with E-state index in [-0.39, 0.29) is 5.82 Å². The van der Waals surface area contributed by atoms with Gasteiger partial charge < -0.3 is 9.30 Å². The van der Waals surface area contributed by atoms with Crippen molar-refractivity contribution in [3.05, 3.63) is 65.6 Å². The van der Waals surface area contributed by atoms with Crippen LogP contribution in [0.3, 0.4) is 0 Å². The lowest BCUT2D eigenvalue weighted by Gasteiger charge is -2.08. The molecule has 0 bridgehead atoms. The fourth-order valence-corrected chi connectivity index (χ4v) is 4.05. The van der Waals surface area contributed by atoms with Gasteiger partial charge in [-0.15, -0.1) is 0 Å². The molecule has 0 radical (unpaired) electrons. The van der Waals surface area contributed by atoms with Crippen LogP contribution >= 0.6 is 0 Å². The van der Waals surface area contributed by atoms with Crippen molar-refractivity contribution in [3.63, 3.8) is 0 Å². The molecular formula is C24H21F3N8O. The zero-order valence-corrected chi connectivity index (χ0v) is 19.9. The van der Waals surface area contributed by atoms with E-state index in [0.29, 0.717) is 40.5 Å². The van der Waals surface area contributed by atoms with Gasteiger partial charge in [-0.3, -0.25) is 4.68 Å². The van der Waals surface area contributed by atoms with E-state index in [1.165, 1.54) is 25.1 Å². The van der Waals surface area contributed by atoms with Crippen molar-refractivity contribution in [2.24, 2.45) is 14.1 Å². The smallest absolute Gasteiger partial charge is 0.434 e. The van der Waals surface area contributed by atoms with Gasteiger partial charge in [0.15, 0.2) is 11.5 Å². The standard InChI is InChI=1S/C24H21F3N8O/c1-13-19(23(36-4)30-12-29-13)21-28-10-17-20(32-21)16(33-35(17)3)9-14-5-7-15(8-6-14)22-31-18(11-34(22)2)24(25,26)27/h5-8,10-12H,9H2,1-4H3. The van der Waals surface area contributed by atoms with Gasteiger partial charge in [-0.1, -0.05) is 24.3 Å². The number of ether oxygens (including phenoxy) is 1. The van der Waals surface area contributed by atoms with Gasteiger partial charge >= 0.3 is 6.18 Å². The summed E-state index contributed by atoms with van der Waals surface area (Å²) in [5.74, 6) is 1.05. The van der Waals surface area contributed by atoms with Gasteiger partial charge in [0, 0.05) is 32.3 Å². The highest BCUT2D eigenvalue weighted by atomic mass is 19.4. The van der Waals surface area contributed by atoms with Crippen molar-refractivity contribution in [1.29, 1.82) is 0 Å². The summed E-state index contributed by atoms with van der Waals surface area (Å²) in [7, 11) is 4.88. The van der Waals surface area contributed by atoms with Gasteiger partial charge in [0.25, 0.3) is 0 Å². The minimum atomic E-state index is -4.49. The van der Waals surface area contributed by atoms with Crippen LogP contribution in [0.2, 0.25) is 0 Å². The summed E-state index contributed by atoms with van der Waals surface area (Å²) in [5.41, 5.74) is 4.03. The molecule has 0 spiro atoms. The molecule has 5 rings (SSSR count). The number of hydrogen-bond donors (Lipinski definition) is 0. The molecule has 0 aliphatic rings. The summed E-state index contributed by atoms with van der Waals surface area (Å²) >= 11 is 0. The predicted octanol–water partition coefficient (Wildman–Crippen LogP) is 4.15. The molecule has 4 aromatic heterocycles. The van der Waals surface area contributed by atoms with Crippen LogP contribution in [0.25, 0.3) is 33.8 Å². The molecule has 9 nitrogen and oxygen atoms in total. The molecule has 0 fully saturated rings. The van der Waals surface area contributed by atoms with E-state index >= 15 is 0 Å². The lowest BCUT2D eigenvalue weighted by atomic mass is 10.1. The SMILES string of the molecule is COc1ncnc(C)c1-c1ncc2c(n1)c(Cc1ccc(-c3nc(C(F)(F)F)cn3C)cc1)nn2C. The molecule has 0 atom stereocenters. The number of hydrogen-bond acceptors (Lipinski definition) is 7.